The van der Waals surface area contributed by atoms with Gasteiger partial charge in [-0.1, -0.05) is 28.1 Å². The van der Waals surface area contributed by atoms with Crippen LogP contribution in [-0.2, 0) is 11.2 Å². The van der Waals surface area contributed by atoms with Crippen LogP contribution in [0.1, 0.15) is 22.5 Å². The monoisotopic (exact) mass is 254 g/mol. The van der Waals surface area contributed by atoms with Crippen molar-refractivity contribution in [2.24, 2.45) is 5.73 Å². The van der Waals surface area contributed by atoms with Gasteiger partial charge >= 0.3 is 0 Å². The largest absolute Gasteiger partial charge is 0.326 e. The van der Waals surface area contributed by atoms with E-state index < -0.39 is 0 Å². The molecule has 1 unspecified atom stereocenters. The highest BCUT2D eigenvalue weighted by molar-refractivity contribution is 9.09. The Hall–Kier alpha value is -0.870. The van der Waals surface area contributed by atoms with Crippen LogP contribution in [0.2, 0.25) is 0 Å². The number of carbonyl (C=O) groups is 1. The Balaban J connectivity index is 2.36. The first-order chi connectivity index (χ1) is 6.66. The Labute approximate surface area is 90.8 Å². The molecular formula is C10H11BrN2O. The van der Waals surface area contributed by atoms with Crippen molar-refractivity contribution < 1.29 is 4.79 Å². The highest BCUT2D eigenvalue weighted by Crippen LogP contribution is 2.26. The maximum Gasteiger partial charge on any atom is 0.224 e. The quantitative estimate of drug-likeness (QED) is 0.595. The van der Waals surface area contributed by atoms with Crippen LogP contribution < -0.4 is 11.1 Å². The summed E-state index contributed by atoms with van der Waals surface area (Å²) in [4.78, 5) is 11.0. The van der Waals surface area contributed by atoms with Crippen molar-refractivity contribution in [1.82, 2.24) is 0 Å². The zero-order valence-corrected chi connectivity index (χ0v) is 9.17. The highest BCUT2D eigenvalue weighted by atomic mass is 79.9. The summed E-state index contributed by atoms with van der Waals surface area (Å²) in [5.74, 6) is 0.0911. The molecule has 1 amide bonds. The van der Waals surface area contributed by atoms with Gasteiger partial charge in [0.25, 0.3) is 0 Å². The summed E-state index contributed by atoms with van der Waals surface area (Å²) in [6, 6.07) is 5.86. The van der Waals surface area contributed by atoms with E-state index in [9.17, 15) is 4.79 Å². The van der Waals surface area contributed by atoms with Gasteiger partial charge in [0, 0.05) is 12.1 Å². The number of amides is 1. The normalized spacial score (nSPS) is 17.1. The number of benzene rings is 1. The van der Waals surface area contributed by atoms with Crippen LogP contribution in [0.3, 0.4) is 0 Å². The minimum absolute atomic E-state index is 0.0911. The molecule has 1 aromatic carbocycles. The summed E-state index contributed by atoms with van der Waals surface area (Å²) in [5.41, 5.74) is 8.82. The lowest BCUT2D eigenvalue weighted by molar-refractivity contribution is -0.116. The Kier molecular flexibility index (Phi) is 2.56. The van der Waals surface area contributed by atoms with E-state index in [4.69, 9.17) is 5.73 Å². The van der Waals surface area contributed by atoms with Gasteiger partial charge in [-0.3, -0.25) is 4.79 Å². The predicted molar refractivity (Wildman–Crippen MR) is 59.2 cm³/mol. The van der Waals surface area contributed by atoms with E-state index in [0.717, 1.165) is 23.2 Å². The average molecular weight is 255 g/mol. The molecule has 14 heavy (non-hydrogen) atoms. The summed E-state index contributed by atoms with van der Waals surface area (Å²) in [5, 5.41) is 2.83. The van der Waals surface area contributed by atoms with Crippen LogP contribution in [0.4, 0.5) is 5.69 Å². The molecule has 0 spiro atoms. The maximum atomic E-state index is 11.1. The molecule has 3 N–H and O–H groups in total. The maximum absolute atomic E-state index is 11.1. The van der Waals surface area contributed by atoms with E-state index in [2.05, 4.69) is 21.2 Å². The van der Waals surface area contributed by atoms with Crippen molar-refractivity contribution in [3.63, 3.8) is 0 Å². The highest BCUT2D eigenvalue weighted by Gasteiger charge is 2.15. The number of halogens is 1. The second-order valence-electron chi connectivity index (χ2n) is 3.37. The smallest absolute Gasteiger partial charge is 0.224 e. The number of carbonyl (C=O) groups excluding carboxylic acids is 1. The minimum atomic E-state index is -0.134. The van der Waals surface area contributed by atoms with Gasteiger partial charge in [0.2, 0.25) is 5.91 Å². The third-order valence-electron chi connectivity index (χ3n) is 2.34. The summed E-state index contributed by atoms with van der Waals surface area (Å²) in [6.07, 6.45) is 1.36. The fourth-order valence-corrected chi connectivity index (χ4v) is 1.86. The zero-order valence-electron chi connectivity index (χ0n) is 7.59. The molecule has 1 aliphatic heterocycles. The first-order valence-electron chi connectivity index (χ1n) is 4.49. The first kappa shape index (κ1) is 9.68. The van der Waals surface area contributed by atoms with Crippen LogP contribution in [-0.4, -0.2) is 5.91 Å². The molecule has 2 rings (SSSR count). The van der Waals surface area contributed by atoms with Gasteiger partial charge in [-0.15, -0.1) is 0 Å². The van der Waals surface area contributed by atoms with E-state index in [1.54, 1.807) is 0 Å². The van der Waals surface area contributed by atoms with Crippen molar-refractivity contribution >= 4 is 27.5 Å². The van der Waals surface area contributed by atoms with E-state index >= 15 is 0 Å². The van der Waals surface area contributed by atoms with Gasteiger partial charge < -0.3 is 11.1 Å². The SMILES string of the molecule is NC(Br)c1ccc2c(c1)CCC(=O)N2. The fraction of sp³-hybridized carbons (Fsp3) is 0.300. The molecule has 74 valence electrons. The number of hydrogen-bond acceptors (Lipinski definition) is 2. The fourth-order valence-electron chi connectivity index (χ4n) is 1.57. The molecule has 1 atom stereocenters. The number of hydrogen-bond donors (Lipinski definition) is 2. The molecule has 1 aromatic rings. The molecule has 3 nitrogen and oxygen atoms in total. The van der Waals surface area contributed by atoms with Gasteiger partial charge in [0.15, 0.2) is 0 Å². The molecule has 0 aromatic heterocycles. The van der Waals surface area contributed by atoms with E-state index in [-0.39, 0.29) is 10.9 Å². The Morgan fingerprint density at radius 2 is 2.21 bits per heavy atom. The second kappa shape index (κ2) is 3.71. The van der Waals surface area contributed by atoms with Gasteiger partial charge in [-0.25, -0.2) is 0 Å². The topological polar surface area (TPSA) is 55.1 Å². The van der Waals surface area contributed by atoms with Crippen molar-refractivity contribution in [2.75, 3.05) is 5.32 Å². The van der Waals surface area contributed by atoms with Crippen LogP contribution in [0.15, 0.2) is 18.2 Å². The summed E-state index contributed by atoms with van der Waals surface area (Å²) < 4.78 is 0. The number of aryl methyl sites for hydroxylation is 1. The molecule has 0 saturated carbocycles. The van der Waals surface area contributed by atoms with Crippen molar-refractivity contribution in [3.8, 4) is 0 Å². The molecule has 1 aliphatic rings. The van der Waals surface area contributed by atoms with E-state index in [0.29, 0.717) is 6.42 Å². The molecule has 0 saturated heterocycles. The average Bonchev–Trinajstić information content (AvgIpc) is 2.16. The van der Waals surface area contributed by atoms with Crippen LogP contribution in [0, 0.1) is 0 Å². The number of nitrogens with two attached hydrogens (primary N) is 1. The van der Waals surface area contributed by atoms with Gasteiger partial charge in [-0.2, -0.15) is 0 Å². The summed E-state index contributed by atoms with van der Waals surface area (Å²) in [7, 11) is 0. The van der Waals surface area contributed by atoms with Crippen molar-refractivity contribution in [3.05, 3.63) is 29.3 Å². The minimum Gasteiger partial charge on any atom is -0.326 e. The van der Waals surface area contributed by atoms with E-state index in [1.807, 2.05) is 18.2 Å². The van der Waals surface area contributed by atoms with Crippen LogP contribution in [0.5, 0.6) is 0 Å². The molecule has 0 aliphatic carbocycles. The lowest BCUT2D eigenvalue weighted by Crippen LogP contribution is -2.19. The Bertz CT molecular complexity index is 376. The number of fused-ring (bicyclic) bond motifs is 1. The number of anilines is 1. The van der Waals surface area contributed by atoms with Crippen molar-refractivity contribution in [2.45, 2.75) is 17.8 Å². The molecule has 0 bridgehead atoms. The third kappa shape index (κ3) is 1.81. The number of rotatable bonds is 1. The molecular weight excluding hydrogens is 244 g/mol. The van der Waals surface area contributed by atoms with E-state index in [1.165, 1.54) is 0 Å². The molecule has 4 heteroatoms. The number of nitrogens with one attached hydrogen (secondary N) is 1. The second-order valence-corrected chi connectivity index (χ2v) is 4.35. The lowest BCUT2D eigenvalue weighted by Gasteiger charge is -2.18. The van der Waals surface area contributed by atoms with Crippen molar-refractivity contribution in [1.29, 1.82) is 0 Å². The van der Waals surface area contributed by atoms with Gasteiger partial charge in [0.1, 0.15) is 0 Å². The number of alkyl halides is 1. The lowest BCUT2D eigenvalue weighted by atomic mass is 10.0. The van der Waals surface area contributed by atoms with Crippen LogP contribution >= 0.6 is 15.9 Å². The third-order valence-corrected chi connectivity index (χ3v) is 2.87. The molecule has 0 radical (unpaired) electrons. The standard InChI is InChI=1S/C10H11BrN2O/c11-10(12)7-1-3-8-6(5-7)2-4-9(14)13-8/h1,3,5,10H,2,4,12H2,(H,13,14). The summed E-state index contributed by atoms with van der Waals surface area (Å²) >= 11 is 3.31. The molecule has 0 fully saturated rings. The predicted octanol–water partition coefficient (Wildman–Crippen LogP) is 1.92. The molecule has 1 heterocycles. The first-order valence-corrected chi connectivity index (χ1v) is 5.41. The van der Waals surface area contributed by atoms with Gasteiger partial charge in [-0.05, 0) is 23.6 Å². The Morgan fingerprint density at radius 3 is 2.93 bits per heavy atom. The summed E-state index contributed by atoms with van der Waals surface area (Å²) in [6.45, 7) is 0. The van der Waals surface area contributed by atoms with Gasteiger partial charge in [0.05, 0.1) is 4.95 Å². The Morgan fingerprint density at radius 1 is 1.43 bits per heavy atom. The van der Waals surface area contributed by atoms with Crippen LogP contribution in [0.25, 0.3) is 0 Å². The zero-order chi connectivity index (χ0) is 10.1.